The van der Waals surface area contributed by atoms with Crippen LogP contribution in [-0.2, 0) is 14.8 Å². The van der Waals surface area contributed by atoms with Crippen molar-refractivity contribution >= 4 is 21.6 Å². The van der Waals surface area contributed by atoms with E-state index in [2.05, 4.69) is 11.4 Å². The summed E-state index contributed by atoms with van der Waals surface area (Å²) >= 11 is 0. The van der Waals surface area contributed by atoms with Crippen molar-refractivity contribution in [2.75, 3.05) is 17.1 Å². The number of fused-ring (bicyclic) bond motifs is 1. The number of ether oxygens (including phenoxy) is 1. The smallest absolute Gasteiger partial charge is 0.263 e. The van der Waals surface area contributed by atoms with Gasteiger partial charge >= 0.3 is 0 Å². The number of nitrogens with one attached hydrogen (secondary N) is 1. The molecule has 0 unspecified atom stereocenters. The van der Waals surface area contributed by atoms with Gasteiger partial charge in [0.1, 0.15) is 5.75 Å². The number of hydrogen-bond acceptors (Lipinski definition) is 4. The molecule has 0 bridgehead atoms. The van der Waals surface area contributed by atoms with Crippen molar-refractivity contribution in [3.05, 3.63) is 58.7 Å². The summed E-state index contributed by atoms with van der Waals surface area (Å²) in [4.78, 5) is 13.0. The summed E-state index contributed by atoms with van der Waals surface area (Å²) in [5, 5.41) is 3.04. The lowest BCUT2D eigenvalue weighted by molar-refractivity contribution is -0.128. The number of benzene rings is 2. The Kier molecular flexibility index (Phi) is 5.89. The Hall–Kier alpha value is -2.54. The van der Waals surface area contributed by atoms with E-state index in [0.717, 1.165) is 22.9 Å². The monoisotopic (exact) mass is 416 g/mol. The summed E-state index contributed by atoms with van der Waals surface area (Å²) in [6, 6.07) is 11.3. The highest BCUT2D eigenvalue weighted by molar-refractivity contribution is 7.92. The summed E-state index contributed by atoms with van der Waals surface area (Å²) in [6.45, 7) is 7.90. The van der Waals surface area contributed by atoms with Crippen LogP contribution in [0.2, 0.25) is 0 Å². The molecule has 6 nitrogen and oxygen atoms in total. The highest BCUT2D eigenvalue weighted by Crippen LogP contribution is 2.36. The summed E-state index contributed by atoms with van der Waals surface area (Å²) < 4.78 is 31.8. The van der Waals surface area contributed by atoms with Gasteiger partial charge in [-0.15, -0.1) is 0 Å². The first-order chi connectivity index (χ1) is 13.6. The summed E-state index contributed by atoms with van der Waals surface area (Å²) in [5.41, 5.74) is 4.72. The molecule has 2 aromatic rings. The number of nitrogens with zero attached hydrogens (tertiary/aromatic N) is 1. The van der Waals surface area contributed by atoms with Crippen molar-refractivity contribution < 1.29 is 17.9 Å². The molecule has 0 aromatic heterocycles. The lowest BCUT2D eigenvalue weighted by Crippen LogP contribution is -2.51. The Bertz CT molecular complexity index is 1030. The minimum absolute atomic E-state index is 0.0512. The van der Waals surface area contributed by atoms with Gasteiger partial charge in [0.2, 0.25) is 10.0 Å². The first-order valence-corrected chi connectivity index (χ1v) is 11.6. The van der Waals surface area contributed by atoms with Crippen LogP contribution in [0.1, 0.15) is 41.6 Å². The summed E-state index contributed by atoms with van der Waals surface area (Å²) in [6.07, 6.45) is 0.942. The maximum atomic E-state index is 13.0. The van der Waals surface area contributed by atoms with Gasteiger partial charge in [0.05, 0.1) is 24.5 Å². The minimum atomic E-state index is -3.55. The second kappa shape index (κ2) is 8.06. The number of carbonyl (C=O) groups is 1. The van der Waals surface area contributed by atoms with E-state index in [-0.39, 0.29) is 18.5 Å². The molecule has 1 heterocycles. The van der Waals surface area contributed by atoms with E-state index in [9.17, 15) is 13.2 Å². The standard InChI is InChI=1S/C22H28N2O4S/c1-6-18(17-9-7-14(2)11-16(17)4)23-22(25)21-13-24(29(5,26)27)19-12-15(3)8-10-20(19)28-21/h7-12,18,21H,6,13H2,1-5H3,(H,23,25)/t18-,21-/m1/s1. The first kappa shape index (κ1) is 21.2. The third-order valence-corrected chi connectivity index (χ3v) is 6.35. The number of amides is 1. The van der Waals surface area contributed by atoms with E-state index in [1.54, 1.807) is 12.1 Å². The Labute approximate surface area is 172 Å². The van der Waals surface area contributed by atoms with Crippen LogP contribution in [0.25, 0.3) is 0 Å². The molecule has 3 rings (SSSR count). The third kappa shape index (κ3) is 4.56. The van der Waals surface area contributed by atoms with E-state index < -0.39 is 16.1 Å². The van der Waals surface area contributed by atoms with Crippen LogP contribution in [0, 0.1) is 20.8 Å². The van der Waals surface area contributed by atoms with E-state index in [1.807, 2.05) is 45.9 Å². The van der Waals surface area contributed by atoms with Crippen LogP contribution < -0.4 is 14.4 Å². The van der Waals surface area contributed by atoms with Crippen molar-refractivity contribution in [2.24, 2.45) is 0 Å². The predicted octanol–water partition coefficient (Wildman–Crippen LogP) is 3.41. The second-order valence-electron chi connectivity index (χ2n) is 7.70. The van der Waals surface area contributed by atoms with Crippen LogP contribution in [0.4, 0.5) is 5.69 Å². The second-order valence-corrected chi connectivity index (χ2v) is 9.61. The number of anilines is 1. The average molecular weight is 417 g/mol. The predicted molar refractivity (Wildman–Crippen MR) is 115 cm³/mol. The molecule has 0 spiro atoms. The zero-order valence-corrected chi connectivity index (χ0v) is 18.3. The summed E-state index contributed by atoms with van der Waals surface area (Å²) in [5.74, 6) is 0.0729. The van der Waals surface area contributed by atoms with Crippen LogP contribution in [-0.4, -0.2) is 33.2 Å². The molecular weight excluding hydrogens is 388 g/mol. The van der Waals surface area contributed by atoms with E-state index in [4.69, 9.17) is 4.74 Å². The molecule has 7 heteroatoms. The molecule has 0 fully saturated rings. The first-order valence-electron chi connectivity index (χ1n) is 9.72. The number of carbonyl (C=O) groups excluding carboxylic acids is 1. The molecule has 29 heavy (non-hydrogen) atoms. The maximum Gasteiger partial charge on any atom is 0.263 e. The Balaban J connectivity index is 1.86. The topological polar surface area (TPSA) is 75.7 Å². The van der Waals surface area contributed by atoms with Crippen molar-refractivity contribution in [1.29, 1.82) is 0 Å². The highest BCUT2D eigenvalue weighted by Gasteiger charge is 2.35. The van der Waals surface area contributed by atoms with Crippen molar-refractivity contribution in [1.82, 2.24) is 5.32 Å². The molecule has 2 aromatic carbocycles. The van der Waals surface area contributed by atoms with Gasteiger partial charge in [0.25, 0.3) is 5.91 Å². The van der Waals surface area contributed by atoms with Gasteiger partial charge in [0, 0.05) is 0 Å². The van der Waals surface area contributed by atoms with Gasteiger partial charge < -0.3 is 10.1 Å². The number of rotatable bonds is 5. The van der Waals surface area contributed by atoms with Crippen molar-refractivity contribution in [3.63, 3.8) is 0 Å². The molecule has 0 radical (unpaired) electrons. The quantitative estimate of drug-likeness (QED) is 0.811. The van der Waals surface area contributed by atoms with Crippen LogP contribution in [0.15, 0.2) is 36.4 Å². The maximum absolute atomic E-state index is 13.0. The number of sulfonamides is 1. The van der Waals surface area contributed by atoms with Crippen molar-refractivity contribution in [2.45, 2.75) is 46.3 Å². The molecule has 156 valence electrons. The fraction of sp³-hybridized carbons (Fsp3) is 0.409. The minimum Gasteiger partial charge on any atom is -0.476 e. The van der Waals surface area contributed by atoms with Crippen LogP contribution >= 0.6 is 0 Å². The van der Waals surface area contributed by atoms with E-state index in [1.165, 1.54) is 9.87 Å². The van der Waals surface area contributed by atoms with Gasteiger partial charge in [0.15, 0.2) is 6.10 Å². The fourth-order valence-electron chi connectivity index (χ4n) is 3.69. The zero-order chi connectivity index (χ0) is 21.3. The molecule has 1 aliphatic heterocycles. The normalized spacial score (nSPS) is 17.3. The lowest BCUT2D eigenvalue weighted by atomic mass is 9.97. The molecular formula is C22H28N2O4S. The Morgan fingerprint density at radius 2 is 1.83 bits per heavy atom. The fourth-order valence-corrected chi connectivity index (χ4v) is 4.60. The average Bonchev–Trinajstić information content (AvgIpc) is 2.64. The molecule has 0 saturated heterocycles. The van der Waals surface area contributed by atoms with Gasteiger partial charge in [-0.25, -0.2) is 8.42 Å². The highest BCUT2D eigenvalue weighted by atomic mass is 32.2. The molecule has 1 N–H and O–H groups in total. The summed E-state index contributed by atoms with van der Waals surface area (Å²) in [7, 11) is -3.55. The Morgan fingerprint density at radius 1 is 1.17 bits per heavy atom. The largest absolute Gasteiger partial charge is 0.476 e. The molecule has 1 aliphatic rings. The molecule has 0 aliphatic carbocycles. The molecule has 1 amide bonds. The van der Waals surface area contributed by atoms with E-state index >= 15 is 0 Å². The lowest BCUT2D eigenvalue weighted by Gasteiger charge is -2.35. The van der Waals surface area contributed by atoms with Crippen LogP contribution in [0.5, 0.6) is 5.75 Å². The van der Waals surface area contributed by atoms with Gasteiger partial charge in [-0.3, -0.25) is 9.10 Å². The van der Waals surface area contributed by atoms with Gasteiger partial charge in [-0.05, 0) is 56.0 Å². The van der Waals surface area contributed by atoms with Gasteiger partial charge in [-0.1, -0.05) is 36.8 Å². The number of hydrogen-bond donors (Lipinski definition) is 1. The van der Waals surface area contributed by atoms with E-state index in [0.29, 0.717) is 17.9 Å². The SMILES string of the molecule is CC[C@@H](NC(=O)[C@H]1CN(S(C)(=O)=O)c2cc(C)ccc2O1)c1ccc(C)cc1C. The third-order valence-electron chi connectivity index (χ3n) is 5.20. The molecule has 0 saturated carbocycles. The molecule has 2 atom stereocenters. The van der Waals surface area contributed by atoms with Gasteiger partial charge in [-0.2, -0.15) is 0 Å². The number of aryl methyl sites for hydroxylation is 3. The van der Waals surface area contributed by atoms with Crippen molar-refractivity contribution in [3.8, 4) is 5.75 Å². The van der Waals surface area contributed by atoms with Crippen LogP contribution in [0.3, 0.4) is 0 Å². The zero-order valence-electron chi connectivity index (χ0n) is 17.5. The Morgan fingerprint density at radius 3 is 2.45 bits per heavy atom.